The largest absolute Gasteiger partial charge is 0.416 e. The van der Waals surface area contributed by atoms with Gasteiger partial charge in [-0.05, 0) is 55.0 Å². The minimum atomic E-state index is -4.54. The summed E-state index contributed by atoms with van der Waals surface area (Å²) in [4.78, 5) is 16.8. The maximum atomic E-state index is 12.9. The van der Waals surface area contributed by atoms with Gasteiger partial charge in [0.15, 0.2) is 0 Å². The molecule has 6 nitrogen and oxygen atoms in total. The maximum Gasteiger partial charge on any atom is 0.416 e. The molecular weight excluding hydrogens is 421 g/mol. The van der Waals surface area contributed by atoms with Gasteiger partial charge < -0.3 is 21.6 Å². The molecule has 0 radical (unpaired) electrons. The van der Waals surface area contributed by atoms with Gasteiger partial charge in [0.2, 0.25) is 0 Å². The van der Waals surface area contributed by atoms with Crippen LogP contribution in [0.3, 0.4) is 0 Å². The van der Waals surface area contributed by atoms with Crippen molar-refractivity contribution in [2.45, 2.75) is 19.5 Å². The van der Waals surface area contributed by atoms with Gasteiger partial charge in [0, 0.05) is 41.1 Å². The predicted molar refractivity (Wildman–Crippen MR) is 117 cm³/mol. The Labute approximate surface area is 182 Å². The van der Waals surface area contributed by atoms with E-state index in [1.807, 2.05) is 6.92 Å². The van der Waals surface area contributed by atoms with Gasteiger partial charge in [-0.2, -0.15) is 13.2 Å². The number of aliphatic hydroxyl groups is 1. The number of aryl methyl sites for hydroxylation is 1. The van der Waals surface area contributed by atoms with Crippen LogP contribution < -0.4 is 11.1 Å². The number of hydrogen-bond donors (Lipinski definition) is 4. The minimum absolute atomic E-state index is 0.115. The van der Waals surface area contributed by atoms with E-state index in [9.17, 15) is 18.0 Å². The van der Waals surface area contributed by atoms with Gasteiger partial charge in [-0.3, -0.25) is 4.79 Å². The monoisotopic (exact) mass is 442 g/mol. The number of carbonyl (C=O) groups excluding carboxylic acids is 1. The molecule has 0 aliphatic heterocycles. The van der Waals surface area contributed by atoms with Crippen molar-refractivity contribution in [3.63, 3.8) is 0 Å². The van der Waals surface area contributed by atoms with E-state index in [1.54, 1.807) is 30.3 Å². The van der Waals surface area contributed by atoms with Crippen molar-refractivity contribution in [3.05, 3.63) is 76.9 Å². The Hall–Kier alpha value is -3.72. The van der Waals surface area contributed by atoms with Crippen molar-refractivity contribution in [3.8, 4) is 11.3 Å². The van der Waals surface area contributed by atoms with E-state index < -0.39 is 17.6 Å². The normalized spacial score (nSPS) is 11.3. The van der Waals surface area contributed by atoms with Crippen molar-refractivity contribution >= 4 is 23.1 Å². The smallest absolute Gasteiger partial charge is 0.396 e. The van der Waals surface area contributed by atoms with Crippen LogP contribution in [0.25, 0.3) is 11.3 Å². The van der Waals surface area contributed by atoms with Gasteiger partial charge in [-0.1, -0.05) is 12.1 Å². The number of benzene rings is 2. The first-order chi connectivity index (χ1) is 15.1. The lowest BCUT2D eigenvalue weighted by Gasteiger charge is -2.13. The average Bonchev–Trinajstić information content (AvgIpc) is 2.74. The number of aromatic nitrogens is 1. The summed E-state index contributed by atoms with van der Waals surface area (Å²) in [6, 6.07) is 12.6. The number of nitrogens with two attached hydrogens (primary N) is 1. The molecule has 0 unspecified atom stereocenters. The zero-order valence-corrected chi connectivity index (χ0v) is 17.1. The zero-order valence-electron chi connectivity index (χ0n) is 17.1. The van der Waals surface area contributed by atoms with Gasteiger partial charge in [-0.25, -0.2) is 4.98 Å². The van der Waals surface area contributed by atoms with Crippen LogP contribution in [0.2, 0.25) is 0 Å². The molecule has 1 heterocycles. The number of amides is 1. The molecular formula is C23H21F3N4O2. The summed E-state index contributed by atoms with van der Waals surface area (Å²) >= 11 is 0. The van der Waals surface area contributed by atoms with Gasteiger partial charge in [0.05, 0.1) is 11.3 Å². The second kappa shape index (κ2) is 9.19. The number of anilines is 2. The molecule has 0 spiro atoms. The predicted octanol–water partition coefficient (Wildman–Crippen LogP) is 4.66. The molecule has 0 saturated heterocycles. The molecule has 2 aromatic carbocycles. The van der Waals surface area contributed by atoms with Crippen molar-refractivity contribution in [1.29, 1.82) is 5.41 Å². The highest BCUT2D eigenvalue weighted by atomic mass is 19.4. The number of aliphatic hydroxyl groups excluding tert-OH is 1. The maximum absolute atomic E-state index is 12.9. The van der Waals surface area contributed by atoms with Gasteiger partial charge in [0.25, 0.3) is 5.91 Å². The van der Waals surface area contributed by atoms with Crippen molar-refractivity contribution in [2.75, 3.05) is 17.7 Å². The average molecular weight is 442 g/mol. The molecule has 1 aromatic heterocycles. The summed E-state index contributed by atoms with van der Waals surface area (Å²) in [5.74, 6) is -0.537. The van der Waals surface area contributed by atoms with E-state index in [2.05, 4.69) is 10.3 Å². The summed E-state index contributed by atoms with van der Waals surface area (Å²) in [7, 11) is 0. The van der Waals surface area contributed by atoms with Gasteiger partial charge >= 0.3 is 6.18 Å². The third-order valence-electron chi connectivity index (χ3n) is 4.84. The number of rotatable bonds is 6. The summed E-state index contributed by atoms with van der Waals surface area (Å²) in [6.07, 6.45) is -4.39. The van der Waals surface area contributed by atoms with Crippen molar-refractivity contribution in [1.82, 2.24) is 4.98 Å². The third-order valence-corrected chi connectivity index (χ3v) is 4.84. The second-order valence-electron chi connectivity index (χ2n) is 7.14. The van der Waals surface area contributed by atoms with E-state index in [-0.39, 0.29) is 30.1 Å². The van der Waals surface area contributed by atoms with E-state index in [1.165, 1.54) is 12.1 Å². The van der Waals surface area contributed by atoms with Crippen LogP contribution in [0.1, 0.15) is 33.5 Å². The summed E-state index contributed by atoms with van der Waals surface area (Å²) < 4.78 is 38.8. The number of hydrogen-bond acceptors (Lipinski definition) is 5. The standard InChI is InChI=1S/C23H21F3N4O2/c1-13-5-6-16(29-22(32)14-3-2-4-15(11-14)23(24,25)26)12-18(13)20-8-7-17(21(28)30-20)19(27)9-10-31/h2-8,11-12,27,31H,9-10H2,1H3,(H2,28,30)(H,29,32). The molecule has 0 atom stereocenters. The quantitative estimate of drug-likeness (QED) is 0.416. The fraction of sp³-hybridized carbons (Fsp3) is 0.174. The molecule has 0 saturated carbocycles. The second-order valence-corrected chi connectivity index (χ2v) is 7.14. The topological polar surface area (TPSA) is 112 Å². The summed E-state index contributed by atoms with van der Waals surface area (Å²) in [6.45, 7) is 1.67. The van der Waals surface area contributed by atoms with E-state index in [0.717, 1.165) is 17.7 Å². The highest BCUT2D eigenvalue weighted by molar-refractivity contribution is 6.05. The number of pyridine rings is 1. The number of nitrogen functional groups attached to an aromatic ring is 1. The lowest BCUT2D eigenvalue weighted by Crippen LogP contribution is -2.14. The van der Waals surface area contributed by atoms with E-state index in [4.69, 9.17) is 16.2 Å². The van der Waals surface area contributed by atoms with E-state index in [0.29, 0.717) is 22.5 Å². The Kier molecular flexibility index (Phi) is 6.59. The summed E-state index contributed by atoms with van der Waals surface area (Å²) in [5, 5.41) is 19.5. The van der Waals surface area contributed by atoms with Crippen molar-refractivity contribution in [2.24, 2.45) is 0 Å². The molecule has 3 rings (SSSR count). The Morgan fingerprint density at radius 1 is 1.16 bits per heavy atom. The van der Waals surface area contributed by atoms with Crippen molar-refractivity contribution < 1.29 is 23.1 Å². The summed E-state index contributed by atoms with van der Waals surface area (Å²) in [5.41, 5.74) is 7.96. The molecule has 166 valence electrons. The first-order valence-electron chi connectivity index (χ1n) is 9.65. The Balaban J connectivity index is 1.87. The van der Waals surface area contributed by atoms with Crippen LogP contribution in [-0.4, -0.2) is 28.3 Å². The molecule has 9 heteroatoms. The van der Waals surface area contributed by atoms with Gasteiger partial charge in [0.1, 0.15) is 5.82 Å². The third kappa shape index (κ3) is 5.12. The number of halogens is 3. The van der Waals surface area contributed by atoms with Crippen LogP contribution in [0.15, 0.2) is 54.6 Å². The number of carbonyl (C=O) groups is 1. The van der Waals surface area contributed by atoms with Gasteiger partial charge in [-0.15, -0.1) is 0 Å². The SMILES string of the molecule is Cc1ccc(NC(=O)c2cccc(C(F)(F)F)c2)cc1-c1ccc(C(=N)CCO)c(N)n1. The molecule has 0 bridgehead atoms. The Morgan fingerprint density at radius 2 is 1.91 bits per heavy atom. The molecule has 0 aliphatic rings. The Morgan fingerprint density at radius 3 is 2.56 bits per heavy atom. The fourth-order valence-corrected chi connectivity index (χ4v) is 3.14. The lowest BCUT2D eigenvalue weighted by molar-refractivity contribution is -0.137. The van der Waals surface area contributed by atoms with Crippen LogP contribution in [0.4, 0.5) is 24.7 Å². The minimum Gasteiger partial charge on any atom is -0.396 e. The zero-order chi connectivity index (χ0) is 23.5. The molecule has 3 aromatic rings. The first kappa shape index (κ1) is 23.0. The Bertz CT molecular complexity index is 1180. The fourth-order valence-electron chi connectivity index (χ4n) is 3.14. The lowest BCUT2D eigenvalue weighted by atomic mass is 10.0. The highest BCUT2D eigenvalue weighted by Crippen LogP contribution is 2.30. The molecule has 32 heavy (non-hydrogen) atoms. The van der Waals surface area contributed by atoms with E-state index >= 15 is 0 Å². The van der Waals surface area contributed by atoms with Crippen LogP contribution in [0, 0.1) is 12.3 Å². The van der Waals surface area contributed by atoms with Crippen LogP contribution in [-0.2, 0) is 6.18 Å². The number of nitrogens with zero attached hydrogens (tertiary/aromatic N) is 1. The highest BCUT2D eigenvalue weighted by Gasteiger charge is 2.30. The van der Waals surface area contributed by atoms with Crippen LogP contribution >= 0.6 is 0 Å². The number of nitrogens with one attached hydrogen (secondary N) is 2. The van der Waals surface area contributed by atoms with Crippen LogP contribution in [0.5, 0.6) is 0 Å². The molecule has 1 amide bonds. The molecule has 0 fully saturated rings. The molecule has 0 aliphatic carbocycles. The molecule has 5 N–H and O–H groups in total. The first-order valence-corrected chi connectivity index (χ1v) is 9.65. The number of alkyl halides is 3.